The van der Waals surface area contributed by atoms with Gasteiger partial charge in [-0.15, -0.1) is 0 Å². The molecule has 0 bridgehead atoms. The van der Waals surface area contributed by atoms with E-state index in [1.165, 1.54) is 18.2 Å². The van der Waals surface area contributed by atoms with Gasteiger partial charge >= 0.3 is 0 Å². The van der Waals surface area contributed by atoms with Gasteiger partial charge in [-0.05, 0) is 18.6 Å². The van der Waals surface area contributed by atoms with Crippen molar-refractivity contribution in [1.82, 2.24) is 5.32 Å². The number of para-hydroxylation sites is 1. The van der Waals surface area contributed by atoms with Gasteiger partial charge in [-0.3, -0.25) is 4.79 Å². The third-order valence-electron chi connectivity index (χ3n) is 2.83. The smallest absolute Gasteiger partial charge is 0.255 e. The Bertz CT molecular complexity index is 425. The first-order valence-electron chi connectivity index (χ1n) is 5.45. The van der Waals surface area contributed by atoms with Gasteiger partial charge in [0.2, 0.25) is 0 Å². The fraction of sp³-hybridized carbons (Fsp3) is 0.417. The van der Waals surface area contributed by atoms with Gasteiger partial charge in [-0.25, -0.2) is 0 Å². The van der Waals surface area contributed by atoms with Crippen LogP contribution in [0, 0.1) is 0 Å². The molecule has 0 atom stereocenters. The SMILES string of the molecule is CCC(CBr)(CBr)NC(=O)c1cccc(O)c1O. The molecule has 0 radical (unpaired) electrons. The van der Waals surface area contributed by atoms with Gasteiger partial charge in [0.05, 0.1) is 11.1 Å². The van der Waals surface area contributed by atoms with Crippen LogP contribution < -0.4 is 5.32 Å². The lowest BCUT2D eigenvalue weighted by Gasteiger charge is -2.30. The summed E-state index contributed by atoms with van der Waals surface area (Å²) < 4.78 is 0. The van der Waals surface area contributed by atoms with Crippen LogP contribution >= 0.6 is 31.9 Å². The zero-order chi connectivity index (χ0) is 13.8. The van der Waals surface area contributed by atoms with Crippen molar-refractivity contribution in [2.75, 3.05) is 10.7 Å². The lowest BCUT2D eigenvalue weighted by molar-refractivity contribution is 0.0912. The molecule has 0 fully saturated rings. The van der Waals surface area contributed by atoms with Crippen molar-refractivity contribution in [2.45, 2.75) is 18.9 Å². The molecule has 0 aliphatic heterocycles. The Balaban J connectivity index is 2.98. The minimum atomic E-state index is -0.422. The minimum absolute atomic E-state index is 0.0646. The van der Waals surface area contributed by atoms with E-state index in [0.717, 1.165) is 6.42 Å². The van der Waals surface area contributed by atoms with E-state index < -0.39 is 17.2 Å². The molecular formula is C12H15Br2NO3. The Labute approximate surface area is 123 Å². The molecule has 3 N–H and O–H groups in total. The first kappa shape index (κ1) is 15.3. The predicted octanol–water partition coefficient (Wildman–Crippen LogP) is 2.77. The van der Waals surface area contributed by atoms with Gasteiger partial charge in [0.15, 0.2) is 11.5 Å². The van der Waals surface area contributed by atoms with Crippen molar-refractivity contribution in [3.05, 3.63) is 23.8 Å². The molecule has 1 aromatic carbocycles. The standard InChI is InChI=1S/C12H15Br2NO3/c1-2-12(6-13,7-14)15-11(18)8-4-3-5-9(16)10(8)17/h3-5,16-17H,2,6-7H2,1H3,(H,15,18). The van der Waals surface area contributed by atoms with Crippen molar-refractivity contribution >= 4 is 37.8 Å². The van der Waals surface area contributed by atoms with Crippen LogP contribution in [0.1, 0.15) is 23.7 Å². The summed E-state index contributed by atoms with van der Waals surface area (Å²) in [5.74, 6) is -1.12. The van der Waals surface area contributed by atoms with Crippen LogP contribution in [0.4, 0.5) is 0 Å². The molecule has 6 heteroatoms. The molecule has 1 rings (SSSR count). The fourth-order valence-corrected chi connectivity index (χ4v) is 3.40. The van der Waals surface area contributed by atoms with Crippen LogP contribution in [0.25, 0.3) is 0 Å². The van der Waals surface area contributed by atoms with Gasteiger partial charge in [0.25, 0.3) is 5.91 Å². The first-order valence-corrected chi connectivity index (χ1v) is 7.69. The second-order valence-corrected chi connectivity index (χ2v) is 5.15. The van der Waals surface area contributed by atoms with E-state index in [9.17, 15) is 15.0 Å². The maximum Gasteiger partial charge on any atom is 0.255 e. The molecule has 1 aromatic rings. The Morgan fingerprint density at radius 1 is 1.33 bits per heavy atom. The average Bonchev–Trinajstić information content (AvgIpc) is 2.39. The Morgan fingerprint density at radius 2 is 1.94 bits per heavy atom. The van der Waals surface area contributed by atoms with Gasteiger partial charge in [0, 0.05) is 10.7 Å². The molecule has 18 heavy (non-hydrogen) atoms. The second kappa shape index (κ2) is 6.43. The van der Waals surface area contributed by atoms with Crippen molar-refractivity contribution in [3.63, 3.8) is 0 Å². The molecule has 0 saturated heterocycles. The molecule has 0 spiro atoms. The molecule has 4 nitrogen and oxygen atoms in total. The lowest BCUT2D eigenvalue weighted by atomic mass is 10.0. The van der Waals surface area contributed by atoms with E-state index in [2.05, 4.69) is 37.2 Å². The van der Waals surface area contributed by atoms with Crippen LogP contribution in [0.15, 0.2) is 18.2 Å². The summed E-state index contributed by atoms with van der Waals surface area (Å²) in [5.41, 5.74) is -0.357. The van der Waals surface area contributed by atoms with Crippen molar-refractivity contribution in [1.29, 1.82) is 0 Å². The number of phenols is 2. The number of carbonyl (C=O) groups excluding carboxylic acids is 1. The number of hydrogen-bond acceptors (Lipinski definition) is 3. The maximum atomic E-state index is 12.1. The van der Waals surface area contributed by atoms with E-state index in [1.807, 2.05) is 6.92 Å². The summed E-state index contributed by atoms with van der Waals surface area (Å²) >= 11 is 6.74. The van der Waals surface area contributed by atoms with E-state index >= 15 is 0 Å². The van der Waals surface area contributed by atoms with Gasteiger partial charge in [-0.1, -0.05) is 44.8 Å². The number of benzene rings is 1. The largest absolute Gasteiger partial charge is 0.504 e. The number of rotatable bonds is 5. The first-order chi connectivity index (χ1) is 8.49. The van der Waals surface area contributed by atoms with Crippen molar-refractivity contribution in [3.8, 4) is 11.5 Å². The highest BCUT2D eigenvalue weighted by Gasteiger charge is 2.29. The van der Waals surface area contributed by atoms with Crippen LogP contribution in [0.3, 0.4) is 0 Å². The molecule has 100 valence electrons. The molecular weight excluding hydrogens is 366 g/mol. The highest BCUT2D eigenvalue weighted by Crippen LogP contribution is 2.29. The van der Waals surface area contributed by atoms with Crippen LogP contribution in [0.5, 0.6) is 11.5 Å². The zero-order valence-corrected chi connectivity index (χ0v) is 13.1. The Morgan fingerprint density at radius 3 is 2.44 bits per heavy atom. The van der Waals surface area contributed by atoms with Crippen LogP contribution in [-0.2, 0) is 0 Å². The molecule has 0 aromatic heterocycles. The number of aromatic hydroxyl groups is 2. The van der Waals surface area contributed by atoms with Crippen molar-refractivity contribution in [2.24, 2.45) is 0 Å². The summed E-state index contributed by atoms with van der Waals surface area (Å²) in [7, 11) is 0. The van der Waals surface area contributed by atoms with E-state index in [0.29, 0.717) is 10.7 Å². The number of alkyl halides is 2. The van der Waals surface area contributed by atoms with Crippen molar-refractivity contribution < 1.29 is 15.0 Å². The zero-order valence-electron chi connectivity index (χ0n) is 9.91. The maximum absolute atomic E-state index is 12.1. The average molecular weight is 381 g/mol. The predicted molar refractivity (Wildman–Crippen MR) is 77.8 cm³/mol. The Kier molecular flexibility index (Phi) is 5.47. The van der Waals surface area contributed by atoms with E-state index in [4.69, 9.17) is 0 Å². The summed E-state index contributed by atoms with van der Waals surface area (Å²) in [6, 6.07) is 4.31. The third-order valence-corrected chi connectivity index (χ3v) is 4.97. The highest BCUT2D eigenvalue weighted by molar-refractivity contribution is 9.09. The van der Waals surface area contributed by atoms with Crippen LogP contribution in [0.2, 0.25) is 0 Å². The fourth-order valence-electron chi connectivity index (χ4n) is 1.40. The molecule has 0 aliphatic rings. The van der Waals surface area contributed by atoms with Gasteiger partial charge in [-0.2, -0.15) is 0 Å². The summed E-state index contributed by atoms with van der Waals surface area (Å²) in [6.07, 6.45) is 0.731. The van der Waals surface area contributed by atoms with E-state index in [-0.39, 0.29) is 11.3 Å². The topological polar surface area (TPSA) is 69.6 Å². The third kappa shape index (κ3) is 3.17. The van der Waals surface area contributed by atoms with Crippen LogP contribution in [-0.4, -0.2) is 32.3 Å². The van der Waals surface area contributed by atoms with Gasteiger partial charge in [0.1, 0.15) is 0 Å². The quantitative estimate of drug-likeness (QED) is 0.543. The van der Waals surface area contributed by atoms with Gasteiger partial charge < -0.3 is 15.5 Å². The summed E-state index contributed by atoms with van der Waals surface area (Å²) in [6.45, 7) is 1.96. The number of phenolic OH excluding ortho intramolecular Hbond substituents is 2. The summed E-state index contributed by atoms with van der Waals surface area (Å²) in [5, 5.41) is 23.1. The number of hydrogen-bond donors (Lipinski definition) is 3. The lowest BCUT2D eigenvalue weighted by Crippen LogP contribution is -2.51. The Hall–Kier alpha value is -0.750. The molecule has 0 saturated carbocycles. The molecule has 0 aliphatic carbocycles. The molecule has 1 amide bonds. The minimum Gasteiger partial charge on any atom is -0.504 e. The number of nitrogens with one attached hydrogen (secondary N) is 1. The highest BCUT2D eigenvalue weighted by atomic mass is 79.9. The number of carbonyl (C=O) groups is 1. The molecule has 0 heterocycles. The normalized spacial score (nSPS) is 11.3. The number of amides is 1. The summed E-state index contributed by atoms with van der Waals surface area (Å²) in [4.78, 5) is 12.1. The second-order valence-electron chi connectivity index (χ2n) is 4.03. The number of halogens is 2. The monoisotopic (exact) mass is 379 g/mol. The molecule has 0 unspecified atom stereocenters. The van der Waals surface area contributed by atoms with E-state index in [1.54, 1.807) is 0 Å².